The minimum absolute atomic E-state index is 0.188. The van der Waals surface area contributed by atoms with Crippen LogP contribution in [0.2, 0.25) is 0 Å². The summed E-state index contributed by atoms with van der Waals surface area (Å²) in [6.07, 6.45) is 7.33. The Kier molecular flexibility index (Phi) is 2.68. The topological polar surface area (TPSA) is 43.8 Å². The lowest BCUT2D eigenvalue weighted by atomic mass is 9.69. The molecular formula is C15H24N2O2. The van der Waals surface area contributed by atoms with E-state index < -0.39 is 5.72 Å². The van der Waals surface area contributed by atoms with Crippen LogP contribution < -0.4 is 0 Å². The molecule has 0 aromatic rings. The van der Waals surface area contributed by atoms with Gasteiger partial charge in [0.05, 0.1) is 0 Å². The van der Waals surface area contributed by atoms with Crippen LogP contribution in [-0.2, 0) is 4.79 Å². The second-order valence-electron chi connectivity index (χ2n) is 6.99. The van der Waals surface area contributed by atoms with Crippen molar-refractivity contribution >= 4 is 5.91 Å². The molecule has 4 fully saturated rings. The van der Waals surface area contributed by atoms with Crippen LogP contribution in [0.5, 0.6) is 0 Å². The molecule has 4 nitrogen and oxygen atoms in total. The van der Waals surface area contributed by atoms with Gasteiger partial charge in [-0.2, -0.15) is 0 Å². The first-order chi connectivity index (χ1) is 9.18. The first-order valence-corrected chi connectivity index (χ1v) is 7.95. The summed E-state index contributed by atoms with van der Waals surface area (Å²) < 4.78 is 0. The van der Waals surface area contributed by atoms with Gasteiger partial charge < -0.3 is 10.0 Å². The summed E-state index contributed by atoms with van der Waals surface area (Å²) in [5, 5.41) is 11.0. The van der Waals surface area contributed by atoms with Gasteiger partial charge in [-0.15, -0.1) is 0 Å². The molecule has 4 unspecified atom stereocenters. The highest BCUT2D eigenvalue weighted by molar-refractivity contribution is 5.78. The lowest BCUT2D eigenvalue weighted by Gasteiger charge is -2.60. The highest BCUT2D eigenvalue weighted by atomic mass is 16.3. The van der Waals surface area contributed by atoms with Gasteiger partial charge in [-0.25, -0.2) is 0 Å². The average molecular weight is 264 g/mol. The van der Waals surface area contributed by atoms with Crippen molar-refractivity contribution in [1.29, 1.82) is 0 Å². The SMILES string of the molecule is O=C1CCCC2(O)C3CC(CN12)C1CCCCN1C3. The number of nitrogens with zero attached hydrogens (tertiary/aromatic N) is 2. The van der Waals surface area contributed by atoms with Crippen LogP contribution >= 0.6 is 0 Å². The summed E-state index contributed by atoms with van der Waals surface area (Å²) in [7, 11) is 0. The summed E-state index contributed by atoms with van der Waals surface area (Å²) in [6, 6.07) is 0.671. The molecule has 4 heterocycles. The van der Waals surface area contributed by atoms with Gasteiger partial charge in [0.2, 0.25) is 5.91 Å². The molecular weight excluding hydrogens is 240 g/mol. The van der Waals surface area contributed by atoms with Crippen molar-refractivity contribution in [1.82, 2.24) is 9.80 Å². The Hall–Kier alpha value is -0.610. The van der Waals surface area contributed by atoms with Crippen LogP contribution in [0.4, 0.5) is 0 Å². The largest absolute Gasteiger partial charge is 0.370 e. The molecule has 106 valence electrons. The molecule has 4 saturated heterocycles. The summed E-state index contributed by atoms with van der Waals surface area (Å²) in [6.45, 7) is 3.00. The molecule has 0 aromatic carbocycles. The number of carbonyl (C=O) groups excluding carboxylic acids is 1. The second-order valence-corrected chi connectivity index (χ2v) is 6.99. The summed E-state index contributed by atoms with van der Waals surface area (Å²) in [5.41, 5.74) is -0.825. The van der Waals surface area contributed by atoms with E-state index in [4.69, 9.17) is 0 Å². The first kappa shape index (κ1) is 12.2. The van der Waals surface area contributed by atoms with Crippen molar-refractivity contribution in [3.63, 3.8) is 0 Å². The van der Waals surface area contributed by atoms with Crippen molar-refractivity contribution < 1.29 is 9.90 Å². The van der Waals surface area contributed by atoms with E-state index in [2.05, 4.69) is 4.90 Å². The third-order valence-electron chi connectivity index (χ3n) is 6.03. The molecule has 4 aliphatic heterocycles. The molecule has 4 aliphatic rings. The summed E-state index contributed by atoms with van der Waals surface area (Å²) >= 11 is 0. The smallest absolute Gasteiger partial charge is 0.224 e. The molecule has 0 aliphatic carbocycles. The fourth-order valence-electron chi connectivity index (χ4n) is 5.09. The molecule has 19 heavy (non-hydrogen) atoms. The quantitative estimate of drug-likeness (QED) is 0.715. The molecule has 1 amide bonds. The number of carbonyl (C=O) groups is 1. The fourth-order valence-corrected chi connectivity index (χ4v) is 5.09. The van der Waals surface area contributed by atoms with E-state index in [1.807, 2.05) is 4.90 Å². The molecule has 0 aromatic heterocycles. The third kappa shape index (κ3) is 1.69. The summed E-state index contributed by atoms with van der Waals surface area (Å²) in [4.78, 5) is 16.6. The van der Waals surface area contributed by atoms with Crippen molar-refractivity contribution in [3.05, 3.63) is 0 Å². The number of piperidine rings is 4. The summed E-state index contributed by atoms with van der Waals surface area (Å²) in [5.74, 6) is 1.07. The molecule has 4 rings (SSSR count). The fraction of sp³-hybridized carbons (Fsp3) is 0.933. The number of hydrogen-bond acceptors (Lipinski definition) is 3. The lowest BCUT2D eigenvalue weighted by Crippen LogP contribution is -2.70. The third-order valence-corrected chi connectivity index (χ3v) is 6.03. The Labute approximate surface area is 114 Å². The molecule has 0 radical (unpaired) electrons. The highest BCUT2D eigenvalue weighted by Crippen LogP contribution is 2.47. The van der Waals surface area contributed by atoms with E-state index in [9.17, 15) is 9.90 Å². The Balaban J connectivity index is 1.65. The van der Waals surface area contributed by atoms with Crippen LogP contribution in [0.15, 0.2) is 0 Å². The van der Waals surface area contributed by atoms with Crippen molar-refractivity contribution in [3.8, 4) is 0 Å². The van der Waals surface area contributed by atoms with E-state index in [1.165, 1.54) is 25.8 Å². The van der Waals surface area contributed by atoms with Gasteiger partial charge in [-0.3, -0.25) is 9.69 Å². The van der Waals surface area contributed by atoms with Gasteiger partial charge in [0.25, 0.3) is 0 Å². The number of fused-ring (bicyclic) bond motifs is 6. The second kappa shape index (κ2) is 4.19. The lowest BCUT2D eigenvalue weighted by molar-refractivity contribution is -0.226. The average Bonchev–Trinajstić information content (AvgIpc) is 2.42. The van der Waals surface area contributed by atoms with Crippen LogP contribution in [-0.4, -0.2) is 52.2 Å². The number of amides is 1. The molecule has 4 heteroatoms. The maximum absolute atomic E-state index is 12.2. The normalized spacial score (nSPS) is 46.7. The maximum Gasteiger partial charge on any atom is 0.224 e. The van der Waals surface area contributed by atoms with Crippen LogP contribution in [0.1, 0.15) is 44.9 Å². The molecule has 2 bridgehead atoms. The zero-order chi connectivity index (χ0) is 13.0. The number of rotatable bonds is 0. The maximum atomic E-state index is 12.2. The van der Waals surface area contributed by atoms with Gasteiger partial charge in [-0.1, -0.05) is 6.42 Å². The van der Waals surface area contributed by atoms with E-state index in [0.29, 0.717) is 18.4 Å². The molecule has 1 N–H and O–H groups in total. The van der Waals surface area contributed by atoms with Crippen molar-refractivity contribution in [2.45, 2.75) is 56.7 Å². The molecule has 4 atom stereocenters. The van der Waals surface area contributed by atoms with Crippen LogP contribution in [0, 0.1) is 11.8 Å². The predicted molar refractivity (Wildman–Crippen MR) is 71.3 cm³/mol. The van der Waals surface area contributed by atoms with Crippen LogP contribution in [0.3, 0.4) is 0 Å². The molecule has 0 saturated carbocycles. The minimum atomic E-state index is -0.825. The number of hydrogen-bond donors (Lipinski definition) is 1. The van der Waals surface area contributed by atoms with Gasteiger partial charge >= 0.3 is 0 Å². The van der Waals surface area contributed by atoms with Gasteiger partial charge in [0, 0.05) is 31.5 Å². The van der Waals surface area contributed by atoms with E-state index in [0.717, 1.165) is 32.4 Å². The van der Waals surface area contributed by atoms with Gasteiger partial charge in [0.15, 0.2) is 0 Å². The Morgan fingerprint density at radius 1 is 1.21 bits per heavy atom. The number of aliphatic hydroxyl groups is 1. The van der Waals surface area contributed by atoms with E-state index in [-0.39, 0.29) is 11.8 Å². The Bertz CT molecular complexity index is 400. The van der Waals surface area contributed by atoms with Gasteiger partial charge in [-0.05, 0) is 44.6 Å². The van der Waals surface area contributed by atoms with E-state index in [1.54, 1.807) is 0 Å². The zero-order valence-electron chi connectivity index (χ0n) is 11.6. The van der Waals surface area contributed by atoms with Gasteiger partial charge in [0.1, 0.15) is 5.72 Å². The first-order valence-electron chi connectivity index (χ1n) is 7.95. The Morgan fingerprint density at radius 3 is 3.00 bits per heavy atom. The Morgan fingerprint density at radius 2 is 2.11 bits per heavy atom. The van der Waals surface area contributed by atoms with E-state index >= 15 is 0 Å². The minimum Gasteiger partial charge on any atom is -0.370 e. The monoisotopic (exact) mass is 264 g/mol. The predicted octanol–water partition coefficient (Wildman–Crippen LogP) is 1.19. The van der Waals surface area contributed by atoms with Crippen LogP contribution in [0.25, 0.3) is 0 Å². The standard InChI is InChI=1S/C15H24N2O2/c18-14-5-3-6-15(19)12-8-11(9-17(14)15)13-4-1-2-7-16(13)10-12/h11-13,19H,1-10H2. The van der Waals surface area contributed by atoms with Crippen molar-refractivity contribution in [2.24, 2.45) is 11.8 Å². The molecule has 0 spiro atoms. The highest BCUT2D eigenvalue weighted by Gasteiger charge is 2.55. The zero-order valence-corrected chi connectivity index (χ0v) is 11.6. The van der Waals surface area contributed by atoms with Crippen molar-refractivity contribution in [2.75, 3.05) is 19.6 Å².